The maximum absolute atomic E-state index is 4.55. The van der Waals surface area contributed by atoms with E-state index in [0.29, 0.717) is 12.1 Å². The van der Waals surface area contributed by atoms with Gasteiger partial charge in [0.25, 0.3) is 0 Å². The minimum absolute atomic E-state index is 0.395. The fraction of sp³-hybridized carbons (Fsp3) is 0.600. The summed E-state index contributed by atoms with van der Waals surface area (Å²) in [7, 11) is 0. The van der Waals surface area contributed by atoms with E-state index < -0.39 is 0 Å². The zero-order valence-corrected chi connectivity index (χ0v) is 13.1. The highest BCUT2D eigenvalue weighted by atomic mass is 15.3. The molecule has 5 heteroatoms. The minimum Gasteiger partial charge on any atom is -0.364 e. The van der Waals surface area contributed by atoms with Crippen molar-refractivity contribution in [3.05, 3.63) is 29.7 Å². The molecule has 20 heavy (non-hydrogen) atoms. The Kier molecular flexibility index (Phi) is 4.47. The Hall–Kier alpha value is -1.78. The molecule has 2 aromatic heterocycles. The van der Waals surface area contributed by atoms with E-state index >= 15 is 0 Å². The average molecular weight is 275 g/mol. The number of anilines is 1. The summed E-state index contributed by atoms with van der Waals surface area (Å²) < 4.78 is 4.01. The number of aryl methyl sites for hydroxylation is 1. The van der Waals surface area contributed by atoms with Crippen LogP contribution in [0.25, 0.3) is 0 Å². The fourth-order valence-electron chi connectivity index (χ4n) is 2.01. The lowest BCUT2D eigenvalue weighted by molar-refractivity contribution is 0.479. The van der Waals surface area contributed by atoms with E-state index in [1.54, 1.807) is 0 Å². The molecule has 0 saturated carbocycles. The van der Waals surface area contributed by atoms with Gasteiger partial charge in [0.1, 0.15) is 5.82 Å². The van der Waals surface area contributed by atoms with Crippen LogP contribution in [-0.2, 0) is 6.54 Å². The lowest BCUT2D eigenvalue weighted by Gasteiger charge is -2.08. The van der Waals surface area contributed by atoms with Gasteiger partial charge in [-0.25, -0.2) is 0 Å². The van der Waals surface area contributed by atoms with Crippen LogP contribution in [-0.4, -0.2) is 19.6 Å². The van der Waals surface area contributed by atoms with Gasteiger partial charge in [-0.15, -0.1) is 0 Å². The Morgan fingerprint density at radius 3 is 2.55 bits per heavy atom. The summed E-state index contributed by atoms with van der Waals surface area (Å²) in [6, 6.07) is 2.86. The van der Waals surface area contributed by atoms with Crippen LogP contribution in [0.3, 0.4) is 0 Å². The van der Waals surface area contributed by atoms with Gasteiger partial charge in [-0.1, -0.05) is 6.92 Å². The van der Waals surface area contributed by atoms with Crippen LogP contribution in [0, 0.1) is 6.92 Å². The molecule has 0 spiro atoms. The lowest BCUT2D eigenvalue weighted by atomic mass is 10.2. The average Bonchev–Trinajstić information content (AvgIpc) is 3.02. The molecular formula is C15H25N5. The molecule has 0 aliphatic carbocycles. The maximum atomic E-state index is 4.55. The summed E-state index contributed by atoms with van der Waals surface area (Å²) in [5, 5.41) is 12.4. The molecule has 5 nitrogen and oxygen atoms in total. The van der Waals surface area contributed by atoms with Gasteiger partial charge in [0.05, 0.1) is 5.69 Å². The first-order chi connectivity index (χ1) is 9.51. The molecule has 0 fully saturated rings. The van der Waals surface area contributed by atoms with Gasteiger partial charge in [-0.05, 0) is 34.1 Å². The quantitative estimate of drug-likeness (QED) is 0.877. The van der Waals surface area contributed by atoms with Crippen LogP contribution in [0.2, 0.25) is 0 Å². The number of rotatable bonds is 6. The summed E-state index contributed by atoms with van der Waals surface area (Å²) >= 11 is 0. The number of aromatic nitrogens is 4. The van der Waals surface area contributed by atoms with Crippen LogP contribution in [0.4, 0.5) is 5.82 Å². The Morgan fingerprint density at radius 2 is 1.95 bits per heavy atom. The zero-order valence-electron chi connectivity index (χ0n) is 13.1. The van der Waals surface area contributed by atoms with Gasteiger partial charge >= 0.3 is 0 Å². The lowest BCUT2D eigenvalue weighted by Crippen LogP contribution is -2.06. The first-order valence-corrected chi connectivity index (χ1v) is 7.35. The van der Waals surface area contributed by atoms with Crippen molar-refractivity contribution in [2.45, 2.75) is 59.7 Å². The zero-order chi connectivity index (χ0) is 14.7. The molecule has 0 aliphatic heterocycles. The fourth-order valence-corrected chi connectivity index (χ4v) is 2.01. The van der Waals surface area contributed by atoms with Gasteiger partial charge in [0.15, 0.2) is 0 Å². The monoisotopic (exact) mass is 275 g/mol. The normalized spacial score (nSPS) is 12.9. The molecule has 0 saturated heterocycles. The van der Waals surface area contributed by atoms with E-state index in [4.69, 9.17) is 0 Å². The second kappa shape index (κ2) is 6.11. The van der Waals surface area contributed by atoms with E-state index in [9.17, 15) is 0 Å². The molecular weight excluding hydrogens is 250 g/mol. The largest absolute Gasteiger partial charge is 0.364 e. The molecule has 1 unspecified atom stereocenters. The van der Waals surface area contributed by atoms with Crippen LogP contribution in [0.5, 0.6) is 0 Å². The van der Waals surface area contributed by atoms with Gasteiger partial charge in [0.2, 0.25) is 0 Å². The van der Waals surface area contributed by atoms with E-state index in [1.165, 1.54) is 5.56 Å². The number of nitrogens with zero attached hydrogens (tertiary/aromatic N) is 4. The molecule has 0 aromatic carbocycles. The number of hydrogen-bond donors (Lipinski definition) is 1. The highest BCUT2D eigenvalue weighted by molar-refractivity contribution is 5.34. The van der Waals surface area contributed by atoms with Gasteiger partial charge < -0.3 is 5.32 Å². The summed E-state index contributed by atoms with van der Waals surface area (Å²) in [5.74, 6) is 0.919. The Balaban J connectivity index is 2.00. The van der Waals surface area contributed by atoms with E-state index in [0.717, 1.165) is 24.5 Å². The van der Waals surface area contributed by atoms with Crippen LogP contribution < -0.4 is 5.32 Å². The molecule has 0 radical (unpaired) electrons. The van der Waals surface area contributed by atoms with Crippen molar-refractivity contribution in [3.8, 4) is 0 Å². The Bertz CT molecular complexity index is 552. The van der Waals surface area contributed by atoms with Crippen molar-refractivity contribution in [2.24, 2.45) is 0 Å². The smallest absolute Gasteiger partial charge is 0.148 e. The molecule has 0 aliphatic rings. The molecule has 2 rings (SSSR count). The third kappa shape index (κ3) is 3.21. The predicted octanol–water partition coefficient (Wildman–Crippen LogP) is 3.55. The standard InChI is InChI=1S/C15H25N5/c1-6-12(4)19-8-7-15(18-19)16-9-14-10-20(11(2)3)17-13(14)5/h7-8,10-12H,6,9H2,1-5H3,(H,16,18). The Morgan fingerprint density at radius 1 is 1.20 bits per heavy atom. The molecule has 2 aromatic rings. The van der Waals surface area contributed by atoms with Crippen molar-refractivity contribution >= 4 is 5.82 Å². The molecule has 110 valence electrons. The summed E-state index contributed by atoms with van der Waals surface area (Å²) in [6.07, 6.45) is 5.22. The third-order valence-corrected chi connectivity index (χ3v) is 3.66. The first kappa shape index (κ1) is 14.6. The molecule has 0 amide bonds. The van der Waals surface area contributed by atoms with Crippen LogP contribution >= 0.6 is 0 Å². The highest BCUT2D eigenvalue weighted by Gasteiger charge is 2.08. The molecule has 1 atom stereocenters. The SMILES string of the molecule is CCC(C)n1ccc(NCc2cn(C(C)C)nc2C)n1. The van der Waals surface area contributed by atoms with E-state index in [2.05, 4.69) is 49.4 Å². The summed E-state index contributed by atoms with van der Waals surface area (Å²) in [4.78, 5) is 0. The van der Waals surface area contributed by atoms with Crippen molar-refractivity contribution in [3.63, 3.8) is 0 Å². The van der Waals surface area contributed by atoms with Crippen LogP contribution in [0.15, 0.2) is 18.5 Å². The van der Waals surface area contributed by atoms with Gasteiger partial charge in [-0.3, -0.25) is 9.36 Å². The second-order valence-electron chi connectivity index (χ2n) is 5.61. The van der Waals surface area contributed by atoms with E-state index in [-0.39, 0.29) is 0 Å². The predicted molar refractivity (Wildman–Crippen MR) is 81.9 cm³/mol. The summed E-state index contributed by atoms with van der Waals surface area (Å²) in [6.45, 7) is 11.4. The van der Waals surface area contributed by atoms with Gasteiger partial charge in [-0.2, -0.15) is 10.2 Å². The number of hydrogen-bond acceptors (Lipinski definition) is 3. The van der Waals surface area contributed by atoms with Crippen LogP contribution in [0.1, 0.15) is 57.5 Å². The summed E-state index contributed by atoms with van der Waals surface area (Å²) in [5.41, 5.74) is 2.30. The van der Waals surface area contributed by atoms with Gasteiger partial charge in [0, 0.05) is 42.7 Å². The third-order valence-electron chi connectivity index (χ3n) is 3.66. The van der Waals surface area contributed by atoms with Crippen molar-refractivity contribution in [1.29, 1.82) is 0 Å². The Labute approximate surface area is 121 Å². The molecule has 2 heterocycles. The highest BCUT2D eigenvalue weighted by Crippen LogP contribution is 2.15. The minimum atomic E-state index is 0.395. The van der Waals surface area contributed by atoms with E-state index in [1.807, 2.05) is 28.6 Å². The van der Waals surface area contributed by atoms with Crippen molar-refractivity contribution < 1.29 is 0 Å². The second-order valence-corrected chi connectivity index (χ2v) is 5.61. The molecule has 1 N–H and O–H groups in total. The molecule has 0 bridgehead atoms. The number of nitrogens with one attached hydrogen (secondary N) is 1. The van der Waals surface area contributed by atoms with Crippen molar-refractivity contribution in [2.75, 3.05) is 5.32 Å². The first-order valence-electron chi connectivity index (χ1n) is 7.35. The topological polar surface area (TPSA) is 47.7 Å². The van der Waals surface area contributed by atoms with Crippen molar-refractivity contribution in [1.82, 2.24) is 19.6 Å². The maximum Gasteiger partial charge on any atom is 0.148 e.